The van der Waals surface area contributed by atoms with Crippen molar-refractivity contribution in [2.75, 3.05) is 0 Å². The summed E-state index contributed by atoms with van der Waals surface area (Å²) in [4.78, 5) is 27.6. The number of phenols is 2. The van der Waals surface area contributed by atoms with E-state index >= 15 is 0 Å². The first-order valence-corrected chi connectivity index (χ1v) is 16.7. The van der Waals surface area contributed by atoms with Gasteiger partial charge in [-0.1, -0.05) is 106 Å². The smallest absolute Gasteiger partial charge is 0.550 e. The largest absolute Gasteiger partial charge is 2.00 e. The summed E-state index contributed by atoms with van der Waals surface area (Å²) in [6, 6.07) is 20.4. The normalized spacial score (nSPS) is 11.6. The van der Waals surface area contributed by atoms with Crippen LogP contribution in [0.25, 0.3) is 10.8 Å². The van der Waals surface area contributed by atoms with Crippen molar-refractivity contribution in [2.24, 2.45) is 9.98 Å². The van der Waals surface area contributed by atoms with Crippen molar-refractivity contribution in [3.63, 3.8) is 0 Å². The molecule has 0 fully saturated rings. The molecule has 0 aromatic heterocycles. The fourth-order valence-corrected chi connectivity index (χ4v) is 5.00. The zero-order valence-corrected chi connectivity index (χ0v) is 32.9. The summed E-state index contributed by atoms with van der Waals surface area (Å²) in [5.74, 6) is -1.30. The van der Waals surface area contributed by atoms with Gasteiger partial charge >= 0.3 is 16.8 Å². The number of benzene rings is 4. The number of carboxylic acids is 2. The molecule has 4 aromatic carbocycles. The molecule has 2 N–H and O–H groups in total. The minimum Gasteiger partial charge on any atom is -0.550 e. The SMILES string of the molecule is CC(=O)[O-].CC(=O)[O-].CC(C)c1cc(C(C)(C)C)cc(C=Nc2cc3ccccc3cc2N=Cc2cc(C(C)(C)C)cc(C(C)C)c2O)c1O.[Co+2]. The van der Waals surface area contributed by atoms with Crippen LogP contribution in [0.5, 0.6) is 11.5 Å². The molecule has 0 bridgehead atoms. The zero-order chi connectivity index (χ0) is 38.1. The number of aromatic hydroxyl groups is 2. The predicted octanol–water partition coefficient (Wildman–Crippen LogP) is 8.10. The molecule has 8 nitrogen and oxygen atoms in total. The fraction of sp³-hybridized carbons (Fsp3) is 0.381. The Morgan fingerprint density at radius 2 is 0.922 bits per heavy atom. The standard InChI is InChI=1S/C38H46N2O2.2C2H4O2.Co/c1-23(2)31-19-29(37(5,6)7)15-27(35(31)41)21-39-33-17-25-13-11-12-14-26(25)18-34(33)40-22-28-16-30(38(8,9)10)20-32(24(3)4)36(28)42;2*1-2(3)4;/h11-24,41-42H,1-10H3;2*1H3,(H,3,4);/q;;;+2/p-2. The van der Waals surface area contributed by atoms with E-state index in [0.29, 0.717) is 22.5 Å². The van der Waals surface area contributed by atoms with E-state index < -0.39 is 11.9 Å². The van der Waals surface area contributed by atoms with Gasteiger partial charge in [-0.25, -0.2) is 0 Å². The number of rotatable bonds is 6. The molecule has 0 amide bonds. The summed E-state index contributed by atoms with van der Waals surface area (Å²) >= 11 is 0. The number of carboxylic acid groups (broad SMARTS) is 2. The molecule has 0 aliphatic heterocycles. The second-order valence-corrected chi connectivity index (χ2v) is 15.0. The van der Waals surface area contributed by atoms with Crippen LogP contribution in [-0.2, 0) is 37.2 Å². The molecule has 0 unspecified atom stereocenters. The number of carbonyl (C=O) groups is 2. The van der Waals surface area contributed by atoms with Gasteiger partial charge in [-0.3, -0.25) is 9.98 Å². The van der Waals surface area contributed by atoms with Gasteiger partial charge in [0.25, 0.3) is 0 Å². The third-order valence-corrected chi connectivity index (χ3v) is 7.84. The Morgan fingerprint density at radius 3 is 1.18 bits per heavy atom. The maximum atomic E-state index is 11.2. The van der Waals surface area contributed by atoms with Gasteiger partial charge in [0.2, 0.25) is 0 Å². The number of nitrogens with zero attached hydrogens (tertiary/aromatic N) is 2. The van der Waals surface area contributed by atoms with Gasteiger partial charge in [-0.2, -0.15) is 0 Å². The van der Waals surface area contributed by atoms with Crippen LogP contribution in [0.4, 0.5) is 11.4 Å². The van der Waals surface area contributed by atoms with Crippen molar-refractivity contribution in [2.45, 2.75) is 106 Å². The number of phenolic OH excluding ortho intramolecular Hbond substituents is 2. The molecule has 275 valence electrons. The second kappa shape index (κ2) is 18.7. The van der Waals surface area contributed by atoms with Crippen LogP contribution in [0, 0.1) is 0 Å². The second-order valence-electron chi connectivity index (χ2n) is 15.0. The molecule has 0 aliphatic carbocycles. The van der Waals surface area contributed by atoms with Crippen LogP contribution in [0.1, 0.15) is 128 Å². The Morgan fingerprint density at radius 1 is 0.627 bits per heavy atom. The molecule has 4 rings (SSSR count). The summed E-state index contributed by atoms with van der Waals surface area (Å²) in [7, 11) is 0. The Kier molecular flexibility index (Phi) is 16.3. The van der Waals surface area contributed by atoms with Crippen LogP contribution in [-0.4, -0.2) is 34.6 Å². The fourth-order valence-electron chi connectivity index (χ4n) is 5.00. The van der Waals surface area contributed by atoms with E-state index in [1.807, 2.05) is 36.4 Å². The summed E-state index contributed by atoms with van der Waals surface area (Å²) in [6.07, 6.45) is 3.49. The van der Waals surface area contributed by atoms with Gasteiger partial charge in [0.15, 0.2) is 0 Å². The summed E-state index contributed by atoms with van der Waals surface area (Å²) in [5.41, 5.74) is 6.73. The van der Waals surface area contributed by atoms with Crippen molar-refractivity contribution >= 4 is 46.5 Å². The molecule has 0 saturated carbocycles. The molecule has 51 heavy (non-hydrogen) atoms. The maximum Gasteiger partial charge on any atom is 2.00 e. The van der Waals surface area contributed by atoms with Gasteiger partial charge in [0, 0.05) is 35.5 Å². The zero-order valence-electron chi connectivity index (χ0n) is 31.8. The van der Waals surface area contributed by atoms with Crippen molar-refractivity contribution in [1.82, 2.24) is 0 Å². The number of hydrogen-bond acceptors (Lipinski definition) is 8. The topological polar surface area (TPSA) is 145 Å². The predicted molar refractivity (Wildman–Crippen MR) is 202 cm³/mol. The quantitative estimate of drug-likeness (QED) is 0.191. The first kappa shape index (κ1) is 44.5. The summed E-state index contributed by atoms with van der Waals surface area (Å²) in [6.45, 7) is 23.4. The van der Waals surface area contributed by atoms with Crippen molar-refractivity contribution in [3.8, 4) is 11.5 Å². The third-order valence-electron chi connectivity index (χ3n) is 7.84. The number of aliphatic imine (C=N–C) groups is 2. The Bertz CT molecular complexity index is 1740. The third kappa shape index (κ3) is 13.3. The van der Waals surface area contributed by atoms with Crippen molar-refractivity contribution in [3.05, 3.63) is 94.0 Å². The summed E-state index contributed by atoms with van der Waals surface area (Å²) in [5, 5.41) is 42.2. The minimum atomic E-state index is -1.08. The number of carbonyl (C=O) groups excluding carboxylic acids is 2. The van der Waals surface area contributed by atoms with E-state index in [0.717, 1.165) is 46.9 Å². The van der Waals surface area contributed by atoms with Crippen molar-refractivity contribution in [1.29, 1.82) is 0 Å². The first-order chi connectivity index (χ1) is 23.0. The molecule has 4 aromatic rings. The van der Waals surface area contributed by atoms with Gasteiger partial charge in [0.1, 0.15) is 11.5 Å². The minimum absolute atomic E-state index is 0. The van der Waals surface area contributed by atoms with Crippen LogP contribution < -0.4 is 10.2 Å². The van der Waals surface area contributed by atoms with Crippen LogP contribution in [0.2, 0.25) is 0 Å². The molecule has 0 heterocycles. The van der Waals surface area contributed by atoms with Crippen LogP contribution in [0.15, 0.2) is 70.6 Å². The molecule has 0 saturated heterocycles. The van der Waals surface area contributed by atoms with E-state index in [9.17, 15) is 10.2 Å². The van der Waals surface area contributed by atoms with Crippen LogP contribution >= 0.6 is 0 Å². The maximum absolute atomic E-state index is 11.2. The van der Waals surface area contributed by atoms with Gasteiger partial charge < -0.3 is 30.0 Å². The van der Waals surface area contributed by atoms with E-state index in [1.165, 1.54) is 0 Å². The Hall–Kier alpha value is -4.47. The van der Waals surface area contributed by atoms with Crippen molar-refractivity contribution < 1.29 is 46.8 Å². The van der Waals surface area contributed by atoms with E-state index in [2.05, 4.69) is 93.5 Å². The van der Waals surface area contributed by atoms with Gasteiger partial charge in [-0.15, -0.1) is 0 Å². The number of aliphatic carboxylic acids is 2. The number of fused-ring (bicyclic) bond motifs is 1. The van der Waals surface area contributed by atoms with Gasteiger partial charge in [0.05, 0.1) is 11.4 Å². The molecular formula is C42H52CoN2O6. The molecule has 9 heteroatoms. The van der Waals surface area contributed by atoms with E-state index in [1.54, 1.807) is 12.4 Å². The Balaban J connectivity index is 0.00000131. The Labute approximate surface area is 313 Å². The first-order valence-electron chi connectivity index (χ1n) is 16.7. The van der Waals surface area contributed by atoms with Crippen LogP contribution in [0.3, 0.4) is 0 Å². The average Bonchev–Trinajstić information content (AvgIpc) is 2.97. The summed E-state index contributed by atoms with van der Waals surface area (Å²) < 4.78 is 0. The molecule has 0 atom stereocenters. The van der Waals surface area contributed by atoms with E-state index in [-0.39, 0.29) is 50.9 Å². The number of hydrogen-bond donors (Lipinski definition) is 2. The molecular weight excluding hydrogens is 687 g/mol. The molecule has 0 spiro atoms. The molecule has 0 aliphatic rings. The van der Waals surface area contributed by atoms with E-state index in [4.69, 9.17) is 29.8 Å². The monoisotopic (exact) mass is 739 g/mol. The van der Waals surface area contributed by atoms with Gasteiger partial charge in [-0.05, 0) is 93.8 Å². The average molecular weight is 740 g/mol. The molecule has 1 radical (unpaired) electrons.